The fourth-order valence-electron chi connectivity index (χ4n) is 1.57. The zero-order valence-electron chi connectivity index (χ0n) is 9.04. The third-order valence-corrected chi connectivity index (χ3v) is 2.17. The molecular weight excluding hydrogens is 184 g/mol. The van der Waals surface area contributed by atoms with E-state index in [1.807, 2.05) is 6.92 Å². The Hall–Kier alpha value is -0.610. The first-order chi connectivity index (χ1) is 6.56. The van der Waals surface area contributed by atoms with Crippen molar-refractivity contribution in [2.45, 2.75) is 45.5 Å². The molecule has 0 aromatic carbocycles. The van der Waals surface area contributed by atoms with Gasteiger partial charge in [-0.3, -0.25) is 4.79 Å². The van der Waals surface area contributed by atoms with Crippen LogP contribution >= 0.6 is 0 Å². The highest BCUT2D eigenvalue weighted by atomic mass is 16.7. The van der Waals surface area contributed by atoms with Gasteiger partial charge in [0.15, 0.2) is 5.79 Å². The molecule has 1 aliphatic rings. The summed E-state index contributed by atoms with van der Waals surface area (Å²) in [6.45, 7) is 6.18. The fourth-order valence-corrected chi connectivity index (χ4v) is 1.57. The molecule has 0 radical (unpaired) electrons. The predicted molar refractivity (Wildman–Crippen MR) is 50.8 cm³/mol. The van der Waals surface area contributed by atoms with Crippen molar-refractivity contribution < 1.29 is 19.0 Å². The first-order valence-corrected chi connectivity index (χ1v) is 5.01. The van der Waals surface area contributed by atoms with Crippen molar-refractivity contribution in [1.82, 2.24) is 0 Å². The van der Waals surface area contributed by atoms with Crippen LogP contribution in [0, 0.1) is 0 Å². The van der Waals surface area contributed by atoms with Crippen LogP contribution in [0.4, 0.5) is 0 Å². The number of rotatable bonds is 4. The number of hydrogen-bond donors (Lipinski definition) is 0. The third-order valence-electron chi connectivity index (χ3n) is 2.17. The summed E-state index contributed by atoms with van der Waals surface area (Å²) in [5.74, 6) is -0.766. The van der Waals surface area contributed by atoms with E-state index in [1.165, 1.54) is 6.92 Å². The van der Waals surface area contributed by atoms with E-state index >= 15 is 0 Å². The Balaban J connectivity index is 2.29. The molecule has 1 saturated heterocycles. The van der Waals surface area contributed by atoms with Crippen LogP contribution in [0.15, 0.2) is 0 Å². The second kappa shape index (κ2) is 4.75. The quantitative estimate of drug-likeness (QED) is 0.648. The highest BCUT2D eigenvalue weighted by Gasteiger charge is 2.36. The molecular formula is C10H18O4. The molecule has 0 aromatic rings. The molecule has 0 amide bonds. The number of esters is 1. The van der Waals surface area contributed by atoms with Crippen LogP contribution in [0.1, 0.15) is 33.6 Å². The summed E-state index contributed by atoms with van der Waals surface area (Å²) in [5.41, 5.74) is 0. The molecule has 0 unspecified atom stereocenters. The van der Waals surface area contributed by atoms with Gasteiger partial charge in [0.25, 0.3) is 0 Å². The number of carbonyl (C=O) groups is 1. The van der Waals surface area contributed by atoms with Crippen molar-refractivity contribution in [2.24, 2.45) is 0 Å². The maximum atomic E-state index is 10.6. The number of ether oxygens (including phenoxy) is 3. The van der Waals surface area contributed by atoms with E-state index < -0.39 is 5.79 Å². The summed E-state index contributed by atoms with van der Waals surface area (Å²) >= 11 is 0. The minimum atomic E-state index is -0.487. The SMILES string of the molecule is CCC[C@@]1(C)OC[C@H](COC(C)=O)O1. The van der Waals surface area contributed by atoms with Gasteiger partial charge in [-0.05, 0) is 6.92 Å². The molecule has 2 atom stereocenters. The summed E-state index contributed by atoms with van der Waals surface area (Å²) < 4.78 is 16.0. The monoisotopic (exact) mass is 202 g/mol. The van der Waals surface area contributed by atoms with Crippen LogP contribution in [0.5, 0.6) is 0 Å². The van der Waals surface area contributed by atoms with Gasteiger partial charge >= 0.3 is 5.97 Å². The van der Waals surface area contributed by atoms with Crippen LogP contribution in [0.25, 0.3) is 0 Å². The van der Waals surface area contributed by atoms with E-state index in [2.05, 4.69) is 6.92 Å². The summed E-state index contributed by atoms with van der Waals surface area (Å²) in [6.07, 6.45) is 1.76. The summed E-state index contributed by atoms with van der Waals surface area (Å²) in [4.78, 5) is 10.6. The van der Waals surface area contributed by atoms with Gasteiger partial charge < -0.3 is 14.2 Å². The molecule has 0 saturated carbocycles. The van der Waals surface area contributed by atoms with Gasteiger partial charge in [0, 0.05) is 13.3 Å². The Kier molecular flexibility index (Phi) is 3.89. The van der Waals surface area contributed by atoms with Gasteiger partial charge in [-0.15, -0.1) is 0 Å². The molecule has 1 aliphatic heterocycles. The van der Waals surface area contributed by atoms with Gasteiger partial charge in [-0.2, -0.15) is 0 Å². The minimum Gasteiger partial charge on any atom is -0.463 e. The van der Waals surface area contributed by atoms with Gasteiger partial charge in [0.05, 0.1) is 6.61 Å². The normalized spacial score (nSPS) is 31.8. The van der Waals surface area contributed by atoms with E-state index in [0.29, 0.717) is 6.61 Å². The second-order valence-electron chi connectivity index (χ2n) is 3.74. The Morgan fingerprint density at radius 3 is 2.93 bits per heavy atom. The number of hydrogen-bond acceptors (Lipinski definition) is 4. The molecule has 82 valence electrons. The Labute approximate surface area is 84.5 Å². The van der Waals surface area contributed by atoms with E-state index in [4.69, 9.17) is 14.2 Å². The predicted octanol–water partition coefficient (Wildman–Crippen LogP) is 1.48. The highest BCUT2D eigenvalue weighted by molar-refractivity contribution is 5.65. The van der Waals surface area contributed by atoms with Gasteiger partial charge in [-0.1, -0.05) is 13.3 Å². The smallest absolute Gasteiger partial charge is 0.302 e. The Morgan fingerprint density at radius 1 is 1.64 bits per heavy atom. The molecule has 14 heavy (non-hydrogen) atoms. The molecule has 1 fully saturated rings. The maximum Gasteiger partial charge on any atom is 0.302 e. The van der Waals surface area contributed by atoms with Gasteiger partial charge in [-0.25, -0.2) is 0 Å². The van der Waals surface area contributed by atoms with Crippen molar-refractivity contribution >= 4 is 5.97 Å². The molecule has 0 N–H and O–H groups in total. The molecule has 4 nitrogen and oxygen atoms in total. The summed E-state index contributed by atoms with van der Waals surface area (Å²) in [5, 5.41) is 0. The highest BCUT2D eigenvalue weighted by Crippen LogP contribution is 2.27. The summed E-state index contributed by atoms with van der Waals surface area (Å²) in [7, 11) is 0. The lowest BCUT2D eigenvalue weighted by Gasteiger charge is -2.22. The van der Waals surface area contributed by atoms with Crippen molar-refractivity contribution in [2.75, 3.05) is 13.2 Å². The first kappa shape index (κ1) is 11.5. The van der Waals surface area contributed by atoms with Crippen molar-refractivity contribution in [3.05, 3.63) is 0 Å². The van der Waals surface area contributed by atoms with Crippen LogP contribution in [-0.2, 0) is 19.0 Å². The third kappa shape index (κ3) is 3.27. The van der Waals surface area contributed by atoms with Crippen LogP contribution in [-0.4, -0.2) is 31.1 Å². The fraction of sp³-hybridized carbons (Fsp3) is 0.900. The molecule has 1 rings (SSSR count). The number of carbonyl (C=O) groups excluding carboxylic acids is 1. The lowest BCUT2D eigenvalue weighted by molar-refractivity contribution is -0.168. The molecule has 0 aliphatic carbocycles. The first-order valence-electron chi connectivity index (χ1n) is 5.01. The molecule has 4 heteroatoms. The maximum absolute atomic E-state index is 10.6. The van der Waals surface area contributed by atoms with Gasteiger partial charge in [0.2, 0.25) is 0 Å². The Morgan fingerprint density at radius 2 is 2.36 bits per heavy atom. The van der Waals surface area contributed by atoms with Crippen LogP contribution < -0.4 is 0 Å². The molecule has 0 bridgehead atoms. The zero-order valence-corrected chi connectivity index (χ0v) is 9.04. The topological polar surface area (TPSA) is 44.8 Å². The van der Waals surface area contributed by atoms with Crippen molar-refractivity contribution in [3.63, 3.8) is 0 Å². The molecule has 0 spiro atoms. The standard InChI is InChI=1S/C10H18O4/c1-4-5-10(3)13-7-9(14-10)6-12-8(2)11/h9H,4-7H2,1-3H3/t9-,10-/m0/s1. The van der Waals surface area contributed by atoms with E-state index in [-0.39, 0.29) is 18.7 Å². The van der Waals surface area contributed by atoms with E-state index in [0.717, 1.165) is 12.8 Å². The lowest BCUT2D eigenvalue weighted by atomic mass is 10.2. The largest absolute Gasteiger partial charge is 0.463 e. The second-order valence-corrected chi connectivity index (χ2v) is 3.74. The lowest BCUT2D eigenvalue weighted by Crippen LogP contribution is -2.28. The van der Waals surface area contributed by atoms with Crippen molar-refractivity contribution in [3.8, 4) is 0 Å². The average Bonchev–Trinajstić information content (AvgIpc) is 2.45. The minimum absolute atomic E-state index is 0.115. The van der Waals surface area contributed by atoms with E-state index in [9.17, 15) is 4.79 Å². The Bertz CT molecular complexity index is 204. The van der Waals surface area contributed by atoms with Crippen molar-refractivity contribution in [1.29, 1.82) is 0 Å². The van der Waals surface area contributed by atoms with Crippen LogP contribution in [0.2, 0.25) is 0 Å². The average molecular weight is 202 g/mol. The van der Waals surface area contributed by atoms with Crippen LogP contribution in [0.3, 0.4) is 0 Å². The zero-order chi connectivity index (χ0) is 10.6. The molecule has 1 heterocycles. The van der Waals surface area contributed by atoms with E-state index in [1.54, 1.807) is 0 Å². The molecule has 0 aromatic heterocycles. The van der Waals surface area contributed by atoms with Gasteiger partial charge in [0.1, 0.15) is 12.7 Å². The summed E-state index contributed by atoms with van der Waals surface area (Å²) in [6, 6.07) is 0.